The van der Waals surface area contributed by atoms with E-state index in [1.54, 1.807) is 4.90 Å². The number of benzene rings is 1. The minimum Gasteiger partial charge on any atom is -0.494 e. The van der Waals surface area contributed by atoms with Gasteiger partial charge in [0.1, 0.15) is 0 Å². The van der Waals surface area contributed by atoms with Crippen LogP contribution in [-0.2, 0) is 0 Å². The summed E-state index contributed by atoms with van der Waals surface area (Å²) in [6, 6.07) is 6.32. The van der Waals surface area contributed by atoms with Crippen LogP contribution in [0.4, 0.5) is 4.39 Å². The smallest absolute Gasteiger partial charge is 0.253 e. The Labute approximate surface area is 111 Å². The van der Waals surface area contributed by atoms with Crippen molar-refractivity contribution in [3.8, 4) is 11.8 Å². The molecule has 0 atom stereocenters. The van der Waals surface area contributed by atoms with Gasteiger partial charge in [-0.1, -0.05) is 0 Å². The number of amides is 1. The van der Waals surface area contributed by atoms with Gasteiger partial charge in [-0.3, -0.25) is 4.79 Å². The van der Waals surface area contributed by atoms with Crippen LogP contribution in [0.25, 0.3) is 0 Å². The predicted octanol–water partition coefficient (Wildman–Crippen LogP) is 2.21. The van der Waals surface area contributed by atoms with Crippen molar-refractivity contribution in [1.29, 1.82) is 5.26 Å². The molecule has 19 heavy (non-hydrogen) atoms. The molecule has 0 aromatic heterocycles. The predicted molar refractivity (Wildman–Crippen MR) is 67.2 cm³/mol. The van der Waals surface area contributed by atoms with Crippen LogP contribution in [0.3, 0.4) is 0 Å². The van der Waals surface area contributed by atoms with Gasteiger partial charge in [-0.2, -0.15) is 5.26 Å². The van der Waals surface area contributed by atoms with Gasteiger partial charge in [0.25, 0.3) is 5.91 Å². The molecule has 0 bridgehead atoms. The van der Waals surface area contributed by atoms with Crippen molar-refractivity contribution in [3.05, 3.63) is 29.6 Å². The number of likely N-dealkylation sites (tertiary alicyclic amines) is 1. The molecule has 0 unspecified atom stereocenters. The highest BCUT2D eigenvalue weighted by molar-refractivity contribution is 5.94. The van der Waals surface area contributed by atoms with Crippen LogP contribution in [0.2, 0.25) is 0 Å². The molecule has 0 N–H and O–H groups in total. The molecule has 1 aliphatic heterocycles. The van der Waals surface area contributed by atoms with Gasteiger partial charge in [0.05, 0.1) is 13.2 Å². The Morgan fingerprint density at radius 3 is 2.74 bits per heavy atom. The SMILES string of the molecule is COc1cc(C(=O)N2CCC(C#N)CC2)ccc1F. The number of hydrogen-bond acceptors (Lipinski definition) is 3. The molecule has 5 heteroatoms. The maximum Gasteiger partial charge on any atom is 0.253 e. The van der Waals surface area contributed by atoms with E-state index in [4.69, 9.17) is 10.00 Å². The monoisotopic (exact) mass is 262 g/mol. The average Bonchev–Trinajstić information content (AvgIpc) is 2.47. The van der Waals surface area contributed by atoms with Crippen LogP contribution in [0.1, 0.15) is 23.2 Å². The normalized spacial score (nSPS) is 15.9. The van der Waals surface area contributed by atoms with E-state index in [0.717, 1.165) is 0 Å². The van der Waals surface area contributed by atoms with Gasteiger partial charge in [0, 0.05) is 24.6 Å². The summed E-state index contributed by atoms with van der Waals surface area (Å²) in [4.78, 5) is 13.9. The standard InChI is InChI=1S/C14H15FN2O2/c1-19-13-8-11(2-3-12(13)15)14(18)17-6-4-10(9-16)5-7-17/h2-3,8,10H,4-7H2,1H3. The van der Waals surface area contributed by atoms with Gasteiger partial charge >= 0.3 is 0 Å². The number of hydrogen-bond donors (Lipinski definition) is 0. The molecule has 1 aromatic rings. The fourth-order valence-electron chi connectivity index (χ4n) is 2.19. The number of nitrogens with zero attached hydrogens (tertiary/aromatic N) is 2. The second-order valence-corrected chi connectivity index (χ2v) is 4.54. The van der Waals surface area contributed by atoms with Crippen LogP contribution in [-0.4, -0.2) is 31.0 Å². The van der Waals surface area contributed by atoms with E-state index in [9.17, 15) is 9.18 Å². The average molecular weight is 262 g/mol. The summed E-state index contributed by atoms with van der Waals surface area (Å²) in [5, 5.41) is 8.82. The maximum atomic E-state index is 13.3. The Morgan fingerprint density at radius 1 is 1.47 bits per heavy atom. The van der Waals surface area contributed by atoms with Crippen molar-refractivity contribution in [2.75, 3.05) is 20.2 Å². The highest BCUT2D eigenvalue weighted by Crippen LogP contribution is 2.22. The molecule has 4 nitrogen and oxygen atoms in total. The molecule has 0 spiro atoms. The van der Waals surface area contributed by atoms with Crippen LogP contribution in [0.5, 0.6) is 5.75 Å². The van der Waals surface area contributed by atoms with E-state index < -0.39 is 5.82 Å². The number of nitriles is 1. The van der Waals surface area contributed by atoms with Crippen LogP contribution < -0.4 is 4.74 Å². The Kier molecular flexibility index (Phi) is 4.00. The minimum absolute atomic E-state index is 0.0341. The molecule has 1 heterocycles. The zero-order valence-electron chi connectivity index (χ0n) is 10.7. The molecular formula is C14H15FN2O2. The molecular weight excluding hydrogens is 247 g/mol. The second kappa shape index (κ2) is 5.70. The van der Waals surface area contributed by atoms with Gasteiger partial charge in [0.2, 0.25) is 0 Å². The first-order chi connectivity index (χ1) is 9.15. The van der Waals surface area contributed by atoms with Crippen molar-refractivity contribution in [2.45, 2.75) is 12.8 Å². The van der Waals surface area contributed by atoms with Crippen LogP contribution >= 0.6 is 0 Å². The molecule has 1 aliphatic rings. The van der Waals surface area contributed by atoms with E-state index in [0.29, 0.717) is 31.5 Å². The highest BCUT2D eigenvalue weighted by Gasteiger charge is 2.23. The number of methoxy groups -OCH3 is 1. The van der Waals surface area contributed by atoms with E-state index in [1.807, 2.05) is 0 Å². The summed E-state index contributed by atoms with van der Waals surface area (Å²) in [5.41, 5.74) is 0.411. The first-order valence-corrected chi connectivity index (χ1v) is 6.18. The lowest BCUT2D eigenvalue weighted by Gasteiger charge is -2.29. The third kappa shape index (κ3) is 2.84. The molecule has 100 valence electrons. The van der Waals surface area contributed by atoms with E-state index in [1.165, 1.54) is 25.3 Å². The molecule has 0 radical (unpaired) electrons. The lowest BCUT2D eigenvalue weighted by Crippen LogP contribution is -2.38. The van der Waals surface area contributed by atoms with Gasteiger partial charge in [0.15, 0.2) is 11.6 Å². The fraction of sp³-hybridized carbons (Fsp3) is 0.429. The topological polar surface area (TPSA) is 53.3 Å². The number of carbonyl (C=O) groups excluding carboxylic acids is 1. The summed E-state index contributed by atoms with van der Waals surface area (Å²) in [6.45, 7) is 1.13. The Bertz CT molecular complexity index is 517. The van der Waals surface area contributed by atoms with Gasteiger partial charge < -0.3 is 9.64 Å². The molecule has 1 aromatic carbocycles. The van der Waals surface area contributed by atoms with E-state index >= 15 is 0 Å². The van der Waals surface area contributed by atoms with Gasteiger partial charge in [-0.15, -0.1) is 0 Å². The summed E-state index contributed by atoms with van der Waals surface area (Å²) in [5.74, 6) is -0.526. The summed E-state index contributed by atoms with van der Waals surface area (Å²) in [6.07, 6.45) is 1.39. The third-order valence-corrected chi connectivity index (χ3v) is 3.36. The minimum atomic E-state index is -0.484. The molecule has 1 fully saturated rings. The molecule has 0 saturated carbocycles. The lowest BCUT2D eigenvalue weighted by atomic mass is 9.98. The summed E-state index contributed by atoms with van der Waals surface area (Å²) in [7, 11) is 1.37. The number of ether oxygens (including phenoxy) is 1. The van der Waals surface area contributed by atoms with E-state index in [2.05, 4.69) is 6.07 Å². The number of carbonyl (C=O) groups is 1. The summed E-state index contributed by atoms with van der Waals surface area (Å²) < 4.78 is 18.2. The van der Waals surface area contributed by atoms with E-state index in [-0.39, 0.29) is 17.6 Å². The van der Waals surface area contributed by atoms with Crippen molar-refractivity contribution in [1.82, 2.24) is 4.90 Å². The number of rotatable bonds is 2. The van der Waals surface area contributed by atoms with Crippen molar-refractivity contribution >= 4 is 5.91 Å². The Morgan fingerprint density at radius 2 is 2.16 bits per heavy atom. The molecule has 1 amide bonds. The first-order valence-electron chi connectivity index (χ1n) is 6.18. The maximum absolute atomic E-state index is 13.3. The van der Waals surface area contributed by atoms with Crippen molar-refractivity contribution in [3.63, 3.8) is 0 Å². The Balaban J connectivity index is 2.10. The van der Waals surface area contributed by atoms with Gasteiger partial charge in [-0.05, 0) is 31.0 Å². The fourth-order valence-corrected chi connectivity index (χ4v) is 2.19. The number of piperidine rings is 1. The second-order valence-electron chi connectivity index (χ2n) is 4.54. The first kappa shape index (κ1) is 13.3. The highest BCUT2D eigenvalue weighted by atomic mass is 19.1. The van der Waals surface area contributed by atoms with Gasteiger partial charge in [-0.25, -0.2) is 4.39 Å². The zero-order valence-corrected chi connectivity index (χ0v) is 10.7. The van der Waals surface area contributed by atoms with Crippen molar-refractivity contribution in [2.24, 2.45) is 5.92 Å². The molecule has 1 saturated heterocycles. The van der Waals surface area contributed by atoms with Crippen molar-refractivity contribution < 1.29 is 13.9 Å². The third-order valence-electron chi connectivity index (χ3n) is 3.36. The van der Waals surface area contributed by atoms with Crippen LogP contribution in [0, 0.1) is 23.1 Å². The summed E-state index contributed by atoms with van der Waals surface area (Å²) >= 11 is 0. The number of halogens is 1. The lowest BCUT2D eigenvalue weighted by molar-refractivity contribution is 0.0707. The largest absolute Gasteiger partial charge is 0.494 e. The molecule has 0 aliphatic carbocycles. The zero-order chi connectivity index (χ0) is 13.8. The molecule has 2 rings (SSSR count). The Hall–Kier alpha value is -2.09. The van der Waals surface area contributed by atoms with Crippen LogP contribution in [0.15, 0.2) is 18.2 Å². The quantitative estimate of drug-likeness (QED) is 0.821.